The van der Waals surface area contributed by atoms with Crippen molar-refractivity contribution >= 4 is 20.0 Å². The highest BCUT2D eigenvalue weighted by Gasteiger charge is 2.71. The van der Waals surface area contributed by atoms with Crippen LogP contribution in [0.1, 0.15) is 80.1 Å². The highest BCUT2D eigenvalue weighted by molar-refractivity contribution is 6.76. The highest BCUT2D eigenvalue weighted by atomic mass is 28.3. The van der Waals surface area contributed by atoms with Crippen molar-refractivity contribution in [3.63, 3.8) is 0 Å². The van der Waals surface area contributed by atoms with Crippen LogP contribution in [-0.2, 0) is 19.1 Å². The zero-order chi connectivity index (χ0) is 30.8. The van der Waals surface area contributed by atoms with Gasteiger partial charge < -0.3 is 14.6 Å². The van der Waals surface area contributed by atoms with Gasteiger partial charge in [0.1, 0.15) is 6.10 Å². The first-order chi connectivity index (χ1) is 17.3. The summed E-state index contributed by atoms with van der Waals surface area (Å²) in [4.78, 5) is 23.7. The summed E-state index contributed by atoms with van der Waals surface area (Å²) in [6.45, 7) is 17.6. The minimum absolute atomic E-state index is 0.0579. The van der Waals surface area contributed by atoms with Gasteiger partial charge in [0.05, 0.1) is 25.1 Å². The summed E-state index contributed by atoms with van der Waals surface area (Å²) in [5.74, 6) is -2.23. The maximum atomic E-state index is 12.9. The van der Waals surface area contributed by atoms with E-state index in [1.165, 1.54) is 0 Å². The van der Waals surface area contributed by atoms with Gasteiger partial charge >= 0.3 is 24.3 Å². The van der Waals surface area contributed by atoms with Crippen LogP contribution in [0.3, 0.4) is 0 Å². The third-order valence-electron chi connectivity index (χ3n) is 8.15. The number of rotatable bonds is 9. The number of fused-ring (bicyclic) bond motifs is 2. The predicted molar refractivity (Wildman–Crippen MR) is 138 cm³/mol. The molecule has 2 aliphatic carbocycles. The van der Waals surface area contributed by atoms with Crippen molar-refractivity contribution in [3.05, 3.63) is 0 Å². The molecule has 0 saturated heterocycles. The molecule has 2 rings (SSSR count). The quantitative estimate of drug-likeness (QED) is 0.171. The molecule has 12 heteroatoms. The van der Waals surface area contributed by atoms with E-state index in [2.05, 4.69) is 19.6 Å². The lowest BCUT2D eigenvalue weighted by Crippen LogP contribution is -2.58. The molecule has 0 spiro atoms. The lowest BCUT2D eigenvalue weighted by Gasteiger charge is -2.38. The Morgan fingerprint density at radius 1 is 0.821 bits per heavy atom. The molecule has 39 heavy (non-hydrogen) atoms. The van der Waals surface area contributed by atoms with E-state index < -0.39 is 61.8 Å². The molecule has 0 aromatic heterocycles. The van der Waals surface area contributed by atoms with Gasteiger partial charge in [0.2, 0.25) is 0 Å². The van der Waals surface area contributed by atoms with Gasteiger partial charge in [-0.05, 0) is 84.0 Å². The maximum Gasteiger partial charge on any atom is 0.426 e. The summed E-state index contributed by atoms with van der Waals surface area (Å²) in [5.41, 5.74) is -5.83. The molecule has 0 aromatic rings. The van der Waals surface area contributed by atoms with E-state index in [1.807, 2.05) is 20.8 Å². The van der Waals surface area contributed by atoms with Crippen molar-refractivity contribution < 1.29 is 50.5 Å². The Kier molecular flexibility index (Phi) is 11.3. The molecule has 0 amide bonds. The van der Waals surface area contributed by atoms with Crippen LogP contribution in [0.15, 0.2) is 0 Å². The fourth-order valence-corrected chi connectivity index (χ4v) is 5.20. The first kappa shape index (κ1) is 35.7. The van der Waals surface area contributed by atoms with E-state index >= 15 is 0 Å². The molecule has 5 nitrogen and oxygen atoms in total. The van der Waals surface area contributed by atoms with Gasteiger partial charge in [-0.25, -0.2) is 0 Å². The molecule has 0 aliphatic heterocycles. The number of hydrogen-bond acceptors (Lipinski definition) is 5. The average Bonchev–Trinajstić information content (AvgIpc) is 3.35. The number of hydrogen-bond donors (Lipinski definition) is 1. The van der Waals surface area contributed by atoms with E-state index in [4.69, 9.17) is 9.47 Å². The predicted octanol–water partition coefficient (Wildman–Crippen LogP) is 7.47. The van der Waals surface area contributed by atoms with Crippen molar-refractivity contribution in [1.29, 1.82) is 0 Å². The molecular formula is C27H46F6O5Si. The van der Waals surface area contributed by atoms with Crippen LogP contribution < -0.4 is 0 Å². The van der Waals surface area contributed by atoms with E-state index in [9.17, 15) is 41.0 Å². The molecule has 2 bridgehead atoms. The smallest absolute Gasteiger partial charge is 0.426 e. The van der Waals surface area contributed by atoms with Crippen molar-refractivity contribution in [1.82, 2.24) is 0 Å². The van der Waals surface area contributed by atoms with E-state index in [1.54, 1.807) is 20.8 Å². The van der Waals surface area contributed by atoms with Gasteiger partial charge in [-0.2, -0.15) is 26.3 Å². The van der Waals surface area contributed by atoms with Crippen LogP contribution in [0.4, 0.5) is 26.3 Å². The van der Waals surface area contributed by atoms with Crippen LogP contribution in [0.25, 0.3) is 0 Å². The lowest BCUT2D eigenvalue weighted by molar-refractivity contribution is -0.373. The zero-order valence-electron chi connectivity index (χ0n) is 24.6. The second-order valence-corrected chi connectivity index (χ2v) is 19.0. The molecule has 230 valence electrons. The van der Waals surface area contributed by atoms with Gasteiger partial charge in [-0.15, -0.1) is 0 Å². The van der Waals surface area contributed by atoms with Crippen LogP contribution in [0.2, 0.25) is 19.6 Å². The van der Waals surface area contributed by atoms with Gasteiger partial charge in [-0.1, -0.05) is 33.5 Å². The summed E-state index contributed by atoms with van der Waals surface area (Å²) >= 11 is 0. The topological polar surface area (TPSA) is 72.8 Å². The number of alkyl halides is 6. The fraction of sp³-hybridized carbons (Fsp3) is 0.926. The Bertz CT molecular complexity index is 833. The van der Waals surface area contributed by atoms with E-state index in [-0.39, 0.29) is 23.7 Å². The second-order valence-electron chi connectivity index (χ2n) is 13.6. The van der Waals surface area contributed by atoms with Crippen LogP contribution in [-0.4, -0.2) is 55.4 Å². The van der Waals surface area contributed by atoms with Crippen LogP contribution in [0.5, 0.6) is 0 Å². The second kappa shape index (κ2) is 12.3. The number of carbonyl (C=O) groups is 2. The molecule has 2 aliphatic rings. The van der Waals surface area contributed by atoms with Gasteiger partial charge in [0.15, 0.2) is 0 Å². The average molecular weight is 593 g/mol. The van der Waals surface area contributed by atoms with Crippen molar-refractivity contribution in [3.8, 4) is 0 Å². The number of aliphatic hydroxyl groups is 1. The number of halogens is 6. The first-order valence-corrected chi connectivity index (χ1v) is 17.3. The minimum atomic E-state index is -5.82. The number of esters is 2. The standard InChI is InChI=1S/C17H24F6O3.C10H22O2Si/c1-4-14(2,3)13(24)26-12-7-9-5-10(11(12)6-9)8-15(25,16(18,19)20)17(21,22)23;1-7-10(2,3)9(11)12-8-13(4,5)6/h9-12,25H,4-8H2,1-3H3;7-8H2,1-6H3. The molecule has 4 atom stereocenters. The number of carbonyl (C=O) groups excluding carboxylic acids is 2. The van der Waals surface area contributed by atoms with Gasteiger partial charge in [-0.3, -0.25) is 9.59 Å². The van der Waals surface area contributed by atoms with Crippen molar-refractivity contribution in [2.24, 2.45) is 28.6 Å². The Morgan fingerprint density at radius 2 is 1.28 bits per heavy atom. The Morgan fingerprint density at radius 3 is 1.67 bits per heavy atom. The normalized spacial score (nSPS) is 24.2. The summed E-state index contributed by atoms with van der Waals surface area (Å²) in [7, 11) is -1.25. The molecule has 2 saturated carbocycles. The van der Waals surface area contributed by atoms with Crippen molar-refractivity contribution in [2.45, 2.75) is 124 Å². The molecule has 0 heterocycles. The molecule has 4 unspecified atom stereocenters. The summed E-state index contributed by atoms with van der Waals surface area (Å²) in [5, 5.41) is 9.45. The van der Waals surface area contributed by atoms with E-state index in [0.717, 1.165) is 6.42 Å². The molecule has 0 aromatic carbocycles. The van der Waals surface area contributed by atoms with Crippen LogP contribution >= 0.6 is 0 Å². The van der Waals surface area contributed by atoms with Crippen LogP contribution in [0, 0.1) is 28.6 Å². The molecule has 2 fully saturated rings. The number of ether oxygens (including phenoxy) is 2. The first-order valence-electron chi connectivity index (χ1n) is 13.6. The summed E-state index contributed by atoms with van der Waals surface area (Å²) in [6, 6.07) is 0. The minimum Gasteiger partial charge on any atom is -0.469 e. The molecule has 0 radical (unpaired) electrons. The fourth-order valence-electron chi connectivity index (χ4n) is 4.63. The van der Waals surface area contributed by atoms with Crippen molar-refractivity contribution in [2.75, 3.05) is 6.23 Å². The maximum absolute atomic E-state index is 12.9. The lowest BCUT2D eigenvalue weighted by atomic mass is 9.78. The largest absolute Gasteiger partial charge is 0.469 e. The SMILES string of the molecule is CCC(C)(C)C(=O)OC1CC2CC(CC(O)(C(F)(F)F)C(F)(F)F)C1C2.CCC(C)(C)C(=O)OC[Si](C)(C)C. The zero-order valence-corrected chi connectivity index (χ0v) is 25.6. The summed E-state index contributed by atoms with van der Waals surface area (Å²) < 4.78 is 88.4. The summed E-state index contributed by atoms with van der Waals surface area (Å²) in [6.07, 6.45) is -10.8. The van der Waals surface area contributed by atoms with Gasteiger partial charge in [0, 0.05) is 0 Å². The third kappa shape index (κ3) is 9.09. The Hall–Kier alpha value is -1.30. The van der Waals surface area contributed by atoms with Gasteiger partial charge in [0.25, 0.3) is 5.60 Å². The molecular weight excluding hydrogens is 546 g/mol. The molecule has 1 N–H and O–H groups in total. The monoisotopic (exact) mass is 592 g/mol. The Balaban J connectivity index is 0.000000495. The highest BCUT2D eigenvalue weighted by Crippen LogP contribution is 2.56. The Labute approximate surface area is 229 Å². The van der Waals surface area contributed by atoms with E-state index in [0.29, 0.717) is 25.5 Å². The third-order valence-corrected chi connectivity index (χ3v) is 9.16.